The van der Waals surface area contributed by atoms with E-state index in [-0.39, 0.29) is 45.7 Å². The van der Waals surface area contributed by atoms with Crippen molar-refractivity contribution in [2.75, 3.05) is 4.72 Å². The molecule has 0 bridgehead atoms. The molecule has 177 valence electrons. The minimum absolute atomic E-state index is 0. The third-order valence-electron chi connectivity index (χ3n) is 4.11. The van der Waals surface area contributed by atoms with Gasteiger partial charge in [0.2, 0.25) is 0 Å². The van der Waals surface area contributed by atoms with Crippen LogP contribution >= 0.6 is 0 Å². The number of azo groups is 1. The van der Waals surface area contributed by atoms with Gasteiger partial charge in [0.25, 0.3) is 10.0 Å². The zero-order valence-corrected chi connectivity index (χ0v) is 20.7. The van der Waals surface area contributed by atoms with Gasteiger partial charge in [-0.25, -0.2) is 18.2 Å². The van der Waals surface area contributed by atoms with E-state index in [4.69, 9.17) is 5.11 Å². The number of phenols is 1. The monoisotopic (exact) mass is 552 g/mol. The van der Waals surface area contributed by atoms with Gasteiger partial charge in [0.05, 0.1) is 16.3 Å². The molecule has 2 heterocycles. The van der Waals surface area contributed by atoms with Crippen LogP contribution in [0.2, 0.25) is 0 Å². The van der Waals surface area contributed by atoms with Crippen LogP contribution in [0.3, 0.4) is 0 Å². The third-order valence-corrected chi connectivity index (χ3v) is 5.48. The van der Waals surface area contributed by atoms with Gasteiger partial charge in [-0.2, -0.15) is 10.2 Å². The van der Waals surface area contributed by atoms with Gasteiger partial charge in [-0.3, -0.25) is 9.71 Å². The van der Waals surface area contributed by atoms with Gasteiger partial charge in [0.1, 0.15) is 17.1 Å². The van der Waals surface area contributed by atoms with E-state index in [1.165, 1.54) is 54.7 Å². The van der Waals surface area contributed by atoms with Crippen molar-refractivity contribution < 1.29 is 23.4 Å². The molecule has 4 aromatic rings. The average Bonchev–Trinajstić information content (AvgIpc) is 2.85. The number of aromatic nitrogens is 2. The molecule has 10 nitrogen and oxygen atoms in total. The number of benzene rings is 2. The number of hydrogen-bond acceptors (Lipinski definition) is 8. The van der Waals surface area contributed by atoms with Gasteiger partial charge >= 0.3 is 5.97 Å². The van der Waals surface area contributed by atoms with E-state index < -0.39 is 16.0 Å². The van der Waals surface area contributed by atoms with Crippen LogP contribution in [0.25, 0.3) is 0 Å². The van der Waals surface area contributed by atoms with Gasteiger partial charge in [-0.05, 0) is 66.7 Å². The van der Waals surface area contributed by atoms with Crippen molar-refractivity contribution in [2.45, 2.75) is 4.90 Å². The molecule has 4 rings (SSSR count). The van der Waals surface area contributed by atoms with E-state index in [1.807, 2.05) is 18.2 Å². The molecule has 0 aliphatic rings. The summed E-state index contributed by atoms with van der Waals surface area (Å²) in [5, 5.41) is 26.3. The summed E-state index contributed by atoms with van der Waals surface area (Å²) in [5.74, 6) is -1.46. The Balaban J connectivity index is 0.000000539. The maximum Gasteiger partial charge on any atom is 0.339 e. The number of rotatable bonds is 6. The molecular weight excluding hydrogens is 533 g/mol. The van der Waals surface area contributed by atoms with Gasteiger partial charge in [-0.15, -0.1) is 0 Å². The van der Waals surface area contributed by atoms with Crippen molar-refractivity contribution >= 4 is 51.1 Å². The predicted octanol–water partition coefficient (Wildman–Crippen LogP) is 4.40. The first-order valence-corrected chi connectivity index (χ1v) is 11.2. The van der Waals surface area contributed by atoms with E-state index in [0.29, 0.717) is 5.69 Å². The van der Waals surface area contributed by atoms with Crippen LogP contribution in [0.15, 0.2) is 113 Å². The molecule has 3 radical (unpaired) electrons. The van der Waals surface area contributed by atoms with Crippen LogP contribution < -0.4 is 4.72 Å². The van der Waals surface area contributed by atoms with Crippen LogP contribution in [0.1, 0.15) is 10.4 Å². The van der Waals surface area contributed by atoms with E-state index in [1.54, 1.807) is 24.5 Å². The first kappa shape index (κ1) is 27.2. The van der Waals surface area contributed by atoms with Crippen molar-refractivity contribution in [1.29, 1.82) is 0 Å². The SMILES string of the molecule is O=C(O)c1cc(N=Nc2ccc(S(=O)(=O)Nc3ccccn3)cc2)ccc1O.[As].c1ccncc1. The Morgan fingerprint density at radius 1 is 0.829 bits per heavy atom. The number of aromatic hydroxyl groups is 1. The molecule has 0 spiro atoms. The van der Waals surface area contributed by atoms with Crippen LogP contribution in [-0.4, -0.2) is 52.5 Å². The fraction of sp³-hybridized carbons (Fsp3) is 0. The van der Waals surface area contributed by atoms with Gasteiger partial charge < -0.3 is 10.2 Å². The Labute approximate surface area is 212 Å². The molecule has 0 atom stereocenters. The summed E-state index contributed by atoms with van der Waals surface area (Å²) in [6, 6.07) is 20.0. The second-order valence-corrected chi connectivity index (χ2v) is 8.23. The molecule has 0 unspecified atom stereocenters. The minimum Gasteiger partial charge on any atom is -0.507 e. The van der Waals surface area contributed by atoms with E-state index >= 15 is 0 Å². The van der Waals surface area contributed by atoms with Crippen LogP contribution in [0, 0.1) is 0 Å². The summed E-state index contributed by atoms with van der Waals surface area (Å²) in [5.41, 5.74) is 0.295. The predicted molar refractivity (Wildman–Crippen MR) is 131 cm³/mol. The summed E-state index contributed by atoms with van der Waals surface area (Å²) < 4.78 is 27.0. The number of carboxylic acids is 1. The Hall–Kier alpha value is -4.08. The number of aromatic carboxylic acids is 1. The normalized spacial score (nSPS) is 10.5. The average molecular weight is 552 g/mol. The molecule has 0 aliphatic carbocycles. The summed E-state index contributed by atoms with van der Waals surface area (Å²) in [6.07, 6.45) is 4.97. The van der Waals surface area contributed by atoms with Crippen LogP contribution in [0.5, 0.6) is 5.75 Å². The Kier molecular flexibility index (Phi) is 10.1. The number of anilines is 1. The molecule has 3 N–H and O–H groups in total. The van der Waals surface area contributed by atoms with Crippen molar-refractivity contribution in [3.05, 3.63) is 103 Å². The number of nitrogens with one attached hydrogen (secondary N) is 1. The van der Waals surface area contributed by atoms with Crippen molar-refractivity contribution in [3.63, 3.8) is 0 Å². The maximum atomic E-state index is 12.3. The zero-order valence-electron chi connectivity index (χ0n) is 18.0. The number of hydrogen-bond donors (Lipinski definition) is 3. The van der Waals surface area contributed by atoms with E-state index in [9.17, 15) is 18.3 Å². The Bertz CT molecular complexity index is 1340. The summed E-state index contributed by atoms with van der Waals surface area (Å²) in [7, 11) is -3.79. The molecule has 0 amide bonds. The molecular formula is C23H19AsN5O5S. The summed E-state index contributed by atoms with van der Waals surface area (Å²) in [6.45, 7) is 0. The first-order valence-electron chi connectivity index (χ1n) is 9.72. The second-order valence-electron chi connectivity index (χ2n) is 6.55. The largest absolute Gasteiger partial charge is 0.507 e. The topological polar surface area (TPSA) is 154 Å². The molecule has 0 fully saturated rings. The van der Waals surface area contributed by atoms with E-state index in [2.05, 4.69) is 24.9 Å². The van der Waals surface area contributed by atoms with Crippen molar-refractivity contribution in [3.8, 4) is 5.75 Å². The fourth-order valence-corrected chi connectivity index (χ4v) is 3.51. The van der Waals surface area contributed by atoms with Crippen molar-refractivity contribution in [2.24, 2.45) is 10.2 Å². The maximum absolute atomic E-state index is 12.3. The number of pyridine rings is 2. The molecule has 12 heteroatoms. The molecule has 35 heavy (non-hydrogen) atoms. The molecule has 0 aliphatic heterocycles. The van der Waals surface area contributed by atoms with Crippen LogP contribution in [0.4, 0.5) is 17.2 Å². The summed E-state index contributed by atoms with van der Waals surface area (Å²) in [4.78, 5) is 18.7. The molecule has 0 saturated heterocycles. The zero-order chi connectivity index (χ0) is 24.4. The fourth-order valence-electron chi connectivity index (χ4n) is 2.50. The molecule has 2 aromatic heterocycles. The second kappa shape index (κ2) is 13.0. The third kappa shape index (κ3) is 8.33. The standard InChI is InChI=1S/C18H14N4O5S.C5H5N.As/c23-16-9-6-13(11-15(16)18(24)25)21-20-12-4-7-14(8-5-12)28(26,27)22-17-3-1-2-10-19-17;1-2-4-6-5-3-1;/h1-11,23H,(H,19,22)(H,24,25);1-5H;. The number of nitrogens with zero attached hydrogens (tertiary/aromatic N) is 4. The first-order chi connectivity index (χ1) is 16.3. The summed E-state index contributed by atoms with van der Waals surface area (Å²) >= 11 is 0. The number of carbonyl (C=O) groups is 1. The quantitative estimate of drug-likeness (QED) is 0.237. The molecule has 0 saturated carbocycles. The van der Waals surface area contributed by atoms with Gasteiger partial charge in [0.15, 0.2) is 0 Å². The Morgan fingerprint density at radius 3 is 2.00 bits per heavy atom. The smallest absolute Gasteiger partial charge is 0.339 e. The van der Waals surface area contributed by atoms with Gasteiger partial charge in [0, 0.05) is 36.5 Å². The van der Waals surface area contributed by atoms with Crippen molar-refractivity contribution in [1.82, 2.24) is 9.97 Å². The van der Waals surface area contributed by atoms with Gasteiger partial charge in [-0.1, -0.05) is 12.1 Å². The molecule has 2 aromatic carbocycles. The number of sulfonamides is 1. The van der Waals surface area contributed by atoms with E-state index in [0.717, 1.165) is 0 Å². The number of carboxylic acid groups (broad SMARTS) is 1. The Morgan fingerprint density at radius 2 is 1.46 bits per heavy atom. The van der Waals surface area contributed by atoms with Crippen LogP contribution in [-0.2, 0) is 10.0 Å². The minimum atomic E-state index is -3.79.